The van der Waals surface area contributed by atoms with E-state index in [9.17, 15) is 0 Å². The second-order valence-corrected chi connectivity index (χ2v) is 7.37. The first-order chi connectivity index (χ1) is 12.2. The summed E-state index contributed by atoms with van der Waals surface area (Å²) in [5, 5.41) is 3.42. The first kappa shape index (κ1) is 16.3. The molecule has 2 aromatic rings. The molecule has 0 radical (unpaired) electrons. The Balaban J connectivity index is 1.87. The van der Waals surface area contributed by atoms with Gasteiger partial charge in [-0.3, -0.25) is 0 Å². The maximum atomic E-state index is 6.18. The van der Waals surface area contributed by atoms with Crippen LogP contribution >= 0.6 is 0 Å². The number of anilines is 2. The van der Waals surface area contributed by atoms with Crippen molar-refractivity contribution in [1.29, 1.82) is 0 Å². The van der Waals surface area contributed by atoms with Crippen LogP contribution in [0, 0.1) is 0 Å². The summed E-state index contributed by atoms with van der Waals surface area (Å²) in [5.41, 5.74) is 9.83. The smallest absolute Gasteiger partial charge is 0.222 e. The minimum absolute atomic E-state index is 0.104. The Morgan fingerprint density at radius 1 is 1.08 bits per heavy atom. The monoisotopic (exact) mass is 337 g/mol. The second kappa shape index (κ2) is 6.64. The molecule has 5 heteroatoms. The third-order valence-corrected chi connectivity index (χ3v) is 5.71. The van der Waals surface area contributed by atoms with Gasteiger partial charge in [-0.2, -0.15) is 4.98 Å². The number of nitrogens with one attached hydrogen (secondary N) is 1. The van der Waals surface area contributed by atoms with Crippen molar-refractivity contribution in [2.45, 2.75) is 38.0 Å². The van der Waals surface area contributed by atoms with Gasteiger partial charge in [0.15, 0.2) is 0 Å². The number of hydrogen-bond acceptors (Lipinski definition) is 5. The van der Waals surface area contributed by atoms with E-state index in [4.69, 9.17) is 10.7 Å². The van der Waals surface area contributed by atoms with Gasteiger partial charge in [-0.25, -0.2) is 4.98 Å². The lowest BCUT2D eigenvalue weighted by Gasteiger charge is -2.34. The van der Waals surface area contributed by atoms with E-state index in [1.807, 2.05) is 0 Å². The molecular weight excluding hydrogens is 310 g/mol. The molecule has 25 heavy (non-hydrogen) atoms. The van der Waals surface area contributed by atoms with Crippen molar-refractivity contribution in [3.05, 3.63) is 47.2 Å². The Labute approximate surface area is 149 Å². The van der Waals surface area contributed by atoms with E-state index in [0.717, 1.165) is 50.5 Å². The lowest BCUT2D eigenvalue weighted by Crippen LogP contribution is -2.44. The molecule has 3 N–H and O–H groups in total. The van der Waals surface area contributed by atoms with Crippen molar-refractivity contribution < 1.29 is 0 Å². The molecule has 1 atom stereocenters. The number of fused-ring (bicyclic) bond motifs is 1. The van der Waals surface area contributed by atoms with Gasteiger partial charge in [-0.15, -0.1) is 0 Å². The minimum Gasteiger partial charge on any atom is -0.368 e. The molecule has 2 heterocycles. The lowest BCUT2D eigenvalue weighted by molar-refractivity contribution is 0.492. The normalized spacial score (nSPS) is 23.8. The molecule has 0 amide bonds. The quantitative estimate of drug-likeness (QED) is 0.824. The summed E-state index contributed by atoms with van der Waals surface area (Å²) >= 11 is 0. The number of aromatic nitrogens is 2. The summed E-state index contributed by atoms with van der Waals surface area (Å²) < 4.78 is 0. The Morgan fingerprint density at radius 3 is 2.60 bits per heavy atom. The van der Waals surface area contributed by atoms with Gasteiger partial charge in [-0.1, -0.05) is 36.8 Å². The van der Waals surface area contributed by atoms with Crippen molar-refractivity contribution in [2.24, 2.45) is 0 Å². The Bertz CT molecular complexity index is 739. The van der Waals surface area contributed by atoms with E-state index in [1.165, 1.54) is 24.0 Å². The average Bonchev–Trinajstić information content (AvgIpc) is 2.83. The van der Waals surface area contributed by atoms with Crippen LogP contribution in [0.15, 0.2) is 30.3 Å². The maximum Gasteiger partial charge on any atom is 0.222 e. The first-order valence-electron chi connectivity index (χ1n) is 9.36. The van der Waals surface area contributed by atoms with Gasteiger partial charge in [-0.05, 0) is 31.7 Å². The van der Waals surface area contributed by atoms with E-state index >= 15 is 0 Å². The average molecular weight is 337 g/mol. The molecule has 1 saturated heterocycles. The van der Waals surface area contributed by atoms with Crippen LogP contribution < -0.4 is 16.0 Å². The fourth-order valence-electron chi connectivity index (χ4n) is 4.30. The van der Waals surface area contributed by atoms with Crippen molar-refractivity contribution in [3.8, 4) is 0 Å². The van der Waals surface area contributed by atoms with Crippen LogP contribution in [-0.2, 0) is 11.8 Å². The van der Waals surface area contributed by atoms with Gasteiger partial charge in [0.25, 0.3) is 0 Å². The third-order valence-electron chi connectivity index (χ3n) is 5.71. The van der Waals surface area contributed by atoms with Crippen LogP contribution in [0.1, 0.15) is 43.0 Å². The number of nitrogens with zero attached hydrogens (tertiary/aromatic N) is 3. The second-order valence-electron chi connectivity index (χ2n) is 7.37. The Morgan fingerprint density at radius 2 is 1.84 bits per heavy atom. The summed E-state index contributed by atoms with van der Waals surface area (Å²) in [6, 6.07) is 10.8. The molecule has 0 bridgehead atoms. The Kier molecular flexibility index (Phi) is 4.34. The van der Waals surface area contributed by atoms with Crippen molar-refractivity contribution >= 4 is 11.8 Å². The standard InChI is InChI=1S/C20H27N5/c1-20(15-7-3-2-4-8-15)10-6-5-9-16-17(20)23-19(21)24-18(16)25-13-11-22-12-14-25/h2-4,7-8,22H,5-6,9-14H2,1H3,(H2,21,23,24). The molecule has 1 unspecified atom stereocenters. The van der Waals surface area contributed by atoms with Gasteiger partial charge in [0.1, 0.15) is 5.82 Å². The summed E-state index contributed by atoms with van der Waals surface area (Å²) in [4.78, 5) is 11.8. The number of piperazine rings is 1. The Hall–Kier alpha value is -2.14. The van der Waals surface area contributed by atoms with Crippen LogP contribution in [0.5, 0.6) is 0 Å². The predicted molar refractivity (Wildman–Crippen MR) is 102 cm³/mol. The summed E-state index contributed by atoms with van der Waals surface area (Å²) in [6.45, 7) is 6.26. The van der Waals surface area contributed by atoms with E-state index < -0.39 is 0 Å². The summed E-state index contributed by atoms with van der Waals surface area (Å²) in [6.07, 6.45) is 4.52. The number of nitrogens with two attached hydrogens (primary N) is 1. The van der Waals surface area contributed by atoms with Gasteiger partial charge in [0.05, 0.1) is 5.69 Å². The molecule has 0 spiro atoms. The van der Waals surface area contributed by atoms with Crippen molar-refractivity contribution in [3.63, 3.8) is 0 Å². The number of hydrogen-bond donors (Lipinski definition) is 2. The topological polar surface area (TPSA) is 67.1 Å². The molecule has 132 valence electrons. The highest BCUT2D eigenvalue weighted by molar-refractivity contribution is 5.56. The third kappa shape index (κ3) is 2.97. The van der Waals surface area contributed by atoms with Crippen LogP contribution in [0.2, 0.25) is 0 Å². The van der Waals surface area contributed by atoms with Crippen LogP contribution in [0.3, 0.4) is 0 Å². The molecule has 0 saturated carbocycles. The zero-order valence-electron chi connectivity index (χ0n) is 15.0. The van der Waals surface area contributed by atoms with Gasteiger partial charge in [0, 0.05) is 37.2 Å². The predicted octanol–water partition coefficient (Wildman–Crippen LogP) is 2.50. The fourth-order valence-corrected chi connectivity index (χ4v) is 4.30. The SMILES string of the molecule is CC1(c2ccccc2)CCCCc2c(N3CCNCC3)nc(N)nc21. The van der Waals surface area contributed by atoms with Gasteiger partial charge < -0.3 is 16.0 Å². The highest BCUT2D eigenvalue weighted by Crippen LogP contribution is 2.42. The van der Waals surface area contributed by atoms with Gasteiger partial charge >= 0.3 is 0 Å². The van der Waals surface area contributed by atoms with Crippen molar-refractivity contribution in [2.75, 3.05) is 36.8 Å². The number of benzene rings is 1. The summed E-state index contributed by atoms with van der Waals surface area (Å²) in [5.74, 6) is 1.46. The molecule has 1 aromatic carbocycles. The molecule has 2 aliphatic rings. The van der Waals surface area contributed by atoms with Crippen LogP contribution in [0.25, 0.3) is 0 Å². The first-order valence-corrected chi connectivity index (χ1v) is 9.36. The minimum atomic E-state index is -0.104. The van der Waals surface area contributed by atoms with E-state index in [-0.39, 0.29) is 5.41 Å². The zero-order chi connectivity index (χ0) is 17.3. The molecule has 1 aromatic heterocycles. The van der Waals surface area contributed by atoms with E-state index in [0.29, 0.717) is 5.95 Å². The molecule has 5 nitrogen and oxygen atoms in total. The highest BCUT2D eigenvalue weighted by atomic mass is 15.2. The number of nitrogen functional groups attached to an aromatic ring is 1. The number of rotatable bonds is 2. The summed E-state index contributed by atoms with van der Waals surface area (Å²) in [7, 11) is 0. The molecule has 1 fully saturated rings. The molecule has 1 aliphatic heterocycles. The fraction of sp³-hybridized carbons (Fsp3) is 0.500. The molecular formula is C20H27N5. The highest BCUT2D eigenvalue weighted by Gasteiger charge is 2.36. The van der Waals surface area contributed by atoms with Gasteiger partial charge in [0.2, 0.25) is 5.95 Å². The van der Waals surface area contributed by atoms with Crippen LogP contribution in [0.4, 0.5) is 11.8 Å². The lowest BCUT2D eigenvalue weighted by atomic mass is 9.75. The van der Waals surface area contributed by atoms with E-state index in [1.54, 1.807) is 0 Å². The van der Waals surface area contributed by atoms with Crippen LogP contribution in [-0.4, -0.2) is 36.1 Å². The largest absolute Gasteiger partial charge is 0.368 e. The van der Waals surface area contributed by atoms with Crippen molar-refractivity contribution in [1.82, 2.24) is 15.3 Å². The zero-order valence-corrected chi connectivity index (χ0v) is 15.0. The maximum absolute atomic E-state index is 6.18. The van der Waals surface area contributed by atoms with E-state index in [2.05, 4.69) is 52.5 Å². The molecule has 4 rings (SSSR count). The molecule has 1 aliphatic carbocycles.